The molecule has 0 saturated heterocycles. The van der Waals surface area contributed by atoms with Gasteiger partial charge in [0.15, 0.2) is 0 Å². The Morgan fingerprint density at radius 1 is 0.964 bits per heavy atom. The molecule has 2 aromatic carbocycles. The monoisotopic (exact) mass is 393 g/mol. The van der Waals surface area contributed by atoms with Crippen LogP contribution in [0.2, 0.25) is 5.02 Å². The fraction of sp³-hybridized carbons (Fsp3) is 0.462. The van der Waals surface area contributed by atoms with Gasteiger partial charge in [0.1, 0.15) is 0 Å². The number of hydrogen-bond donors (Lipinski definition) is 1. The molecule has 0 aromatic heterocycles. The number of rotatable bonds is 7. The number of aryl methyl sites for hydroxylation is 2. The van der Waals surface area contributed by atoms with Crippen molar-refractivity contribution < 1.29 is 0 Å². The van der Waals surface area contributed by atoms with Gasteiger partial charge >= 0.3 is 0 Å². The highest BCUT2D eigenvalue weighted by Crippen LogP contribution is 2.38. The van der Waals surface area contributed by atoms with Gasteiger partial charge in [-0.15, -0.1) is 0 Å². The molecular formula is C26H32ClN. The Labute approximate surface area is 175 Å². The Hall–Kier alpha value is -1.73. The molecule has 0 unspecified atom stereocenters. The summed E-state index contributed by atoms with van der Waals surface area (Å²) < 4.78 is 0. The first kappa shape index (κ1) is 19.6. The topological polar surface area (TPSA) is 12.0 Å². The van der Waals surface area contributed by atoms with Crippen LogP contribution in [0, 0.1) is 25.7 Å². The molecule has 0 radical (unpaired) electrons. The molecule has 4 rings (SSSR count). The van der Waals surface area contributed by atoms with E-state index in [1.807, 2.05) is 0 Å². The average Bonchev–Trinajstić information content (AvgIpc) is 2.58. The Kier molecular flexibility index (Phi) is 5.83. The van der Waals surface area contributed by atoms with Crippen molar-refractivity contribution in [2.24, 2.45) is 11.8 Å². The summed E-state index contributed by atoms with van der Waals surface area (Å²) in [4.78, 5) is 0. The molecule has 2 fully saturated rings. The number of nitrogens with one attached hydrogen (secondary N) is 1. The van der Waals surface area contributed by atoms with E-state index in [-0.39, 0.29) is 0 Å². The molecule has 2 aliphatic rings. The van der Waals surface area contributed by atoms with Crippen LogP contribution < -0.4 is 5.32 Å². The summed E-state index contributed by atoms with van der Waals surface area (Å²) in [7, 11) is 0. The van der Waals surface area contributed by atoms with E-state index < -0.39 is 0 Å². The van der Waals surface area contributed by atoms with Gasteiger partial charge in [-0.2, -0.15) is 0 Å². The minimum atomic E-state index is 0.834. The van der Waals surface area contributed by atoms with Crippen LogP contribution in [0.5, 0.6) is 0 Å². The lowest BCUT2D eigenvalue weighted by molar-refractivity contribution is 0.304. The lowest BCUT2D eigenvalue weighted by atomic mass is 9.76. The van der Waals surface area contributed by atoms with Crippen LogP contribution >= 0.6 is 11.6 Å². The third-order valence-electron chi connectivity index (χ3n) is 6.89. The van der Waals surface area contributed by atoms with E-state index in [0.29, 0.717) is 0 Å². The Balaban J connectivity index is 1.58. The second-order valence-electron chi connectivity index (χ2n) is 9.00. The molecule has 148 valence electrons. The SMILES string of the molecule is C=C(Nc1ccc(C)c(C)c1)c1cc(Cl)c(CC2CCC2)c(CC2CCC2)c1. The van der Waals surface area contributed by atoms with E-state index in [1.54, 1.807) is 0 Å². The number of anilines is 1. The Morgan fingerprint density at radius 2 is 1.64 bits per heavy atom. The highest BCUT2D eigenvalue weighted by molar-refractivity contribution is 6.31. The highest BCUT2D eigenvalue weighted by atomic mass is 35.5. The fourth-order valence-corrected chi connectivity index (χ4v) is 4.65. The van der Waals surface area contributed by atoms with Gasteiger partial charge in [0, 0.05) is 16.4 Å². The third kappa shape index (κ3) is 4.30. The van der Waals surface area contributed by atoms with Crippen LogP contribution in [0.15, 0.2) is 36.9 Å². The van der Waals surface area contributed by atoms with Gasteiger partial charge in [-0.25, -0.2) is 0 Å². The molecule has 2 aromatic rings. The van der Waals surface area contributed by atoms with E-state index in [1.165, 1.54) is 67.2 Å². The zero-order chi connectivity index (χ0) is 19.7. The van der Waals surface area contributed by atoms with Gasteiger partial charge in [-0.3, -0.25) is 0 Å². The normalized spacial score (nSPS) is 17.1. The van der Waals surface area contributed by atoms with Gasteiger partial charge in [-0.1, -0.05) is 62.8 Å². The van der Waals surface area contributed by atoms with E-state index in [4.69, 9.17) is 11.6 Å². The largest absolute Gasteiger partial charge is 0.356 e. The first-order valence-electron chi connectivity index (χ1n) is 10.8. The smallest absolute Gasteiger partial charge is 0.0447 e. The van der Waals surface area contributed by atoms with Gasteiger partial charge in [-0.05, 0) is 90.6 Å². The zero-order valence-electron chi connectivity index (χ0n) is 17.3. The molecule has 0 bridgehead atoms. The summed E-state index contributed by atoms with van der Waals surface area (Å²) in [6, 6.07) is 10.9. The van der Waals surface area contributed by atoms with Gasteiger partial charge in [0.05, 0.1) is 0 Å². The summed E-state index contributed by atoms with van der Waals surface area (Å²) in [5.41, 5.74) is 8.59. The Bertz CT molecular complexity index is 874. The molecule has 1 N–H and O–H groups in total. The minimum Gasteiger partial charge on any atom is -0.356 e. The van der Waals surface area contributed by atoms with Crippen molar-refractivity contribution in [1.82, 2.24) is 0 Å². The second kappa shape index (κ2) is 8.33. The van der Waals surface area contributed by atoms with Gasteiger partial charge in [0.2, 0.25) is 0 Å². The second-order valence-corrected chi connectivity index (χ2v) is 9.41. The fourth-order valence-electron chi connectivity index (χ4n) is 4.34. The predicted molar refractivity (Wildman–Crippen MR) is 122 cm³/mol. The van der Waals surface area contributed by atoms with Crippen molar-refractivity contribution in [2.75, 3.05) is 5.32 Å². The van der Waals surface area contributed by atoms with Crippen molar-refractivity contribution in [2.45, 2.75) is 65.2 Å². The maximum atomic E-state index is 6.83. The van der Waals surface area contributed by atoms with Crippen molar-refractivity contribution in [3.63, 3.8) is 0 Å². The molecule has 0 spiro atoms. The van der Waals surface area contributed by atoms with Crippen molar-refractivity contribution in [3.8, 4) is 0 Å². The predicted octanol–water partition coefficient (Wildman–Crippen LogP) is 7.72. The third-order valence-corrected chi connectivity index (χ3v) is 7.23. The van der Waals surface area contributed by atoms with E-state index in [9.17, 15) is 0 Å². The molecule has 2 heteroatoms. The van der Waals surface area contributed by atoms with Gasteiger partial charge < -0.3 is 5.32 Å². The van der Waals surface area contributed by atoms with E-state index >= 15 is 0 Å². The van der Waals surface area contributed by atoms with Crippen LogP contribution in [0.4, 0.5) is 5.69 Å². The summed E-state index contributed by atoms with van der Waals surface area (Å²) in [5.74, 6) is 1.67. The zero-order valence-corrected chi connectivity index (χ0v) is 18.0. The molecule has 0 heterocycles. The van der Waals surface area contributed by atoms with Crippen LogP contribution in [-0.2, 0) is 12.8 Å². The van der Waals surface area contributed by atoms with Crippen LogP contribution in [0.3, 0.4) is 0 Å². The number of hydrogen-bond acceptors (Lipinski definition) is 1. The average molecular weight is 394 g/mol. The summed E-state index contributed by atoms with van der Waals surface area (Å²) >= 11 is 6.83. The highest BCUT2D eigenvalue weighted by Gasteiger charge is 2.24. The molecule has 2 aliphatic carbocycles. The lowest BCUT2D eigenvalue weighted by Crippen LogP contribution is -2.18. The summed E-state index contributed by atoms with van der Waals surface area (Å²) in [5, 5.41) is 4.42. The molecular weight excluding hydrogens is 362 g/mol. The number of benzene rings is 2. The number of halogens is 1. The molecule has 0 amide bonds. The minimum absolute atomic E-state index is 0.834. The van der Waals surface area contributed by atoms with Crippen molar-refractivity contribution in [1.29, 1.82) is 0 Å². The summed E-state index contributed by atoms with van der Waals surface area (Å²) in [6.45, 7) is 8.60. The van der Waals surface area contributed by atoms with Crippen LogP contribution in [0.1, 0.15) is 66.3 Å². The maximum absolute atomic E-state index is 6.83. The van der Waals surface area contributed by atoms with Gasteiger partial charge in [0.25, 0.3) is 0 Å². The van der Waals surface area contributed by atoms with Crippen molar-refractivity contribution >= 4 is 23.0 Å². The van der Waals surface area contributed by atoms with Crippen LogP contribution in [0.25, 0.3) is 5.70 Å². The molecule has 2 saturated carbocycles. The first-order valence-corrected chi connectivity index (χ1v) is 11.2. The summed E-state index contributed by atoms with van der Waals surface area (Å²) in [6.07, 6.45) is 10.6. The standard InChI is InChI=1S/C26H32ClN/c1-17-10-11-24(12-18(17)2)28-19(3)22-15-23(13-20-6-4-7-20)25(26(27)16-22)14-21-8-5-9-21/h10-12,15-16,20-21,28H,3-9,13-14H2,1-2H3. The first-order chi connectivity index (χ1) is 13.5. The quantitative estimate of drug-likeness (QED) is 0.507. The molecule has 1 nitrogen and oxygen atoms in total. The van der Waals surface area contributed by atoms with Crippen molar-refractivity contribution in [3.05, 3.63) is 69.8 Å². The van der Waals surface area contributed by atoms with E-state index in [2.05, 4.69) is 56.1 Å². The maximum Gasteiger partial charge on any atom is 0.0447 e. The van der Waals surface area contributed by atoms with Crippen LogP contribution in [-0.4, -0.2) is 0 Å². The van der Waals surface area contributed by atoms with E-state index in [0.717, 1.165) is 40.2 Å². The lowest BCUT2D eigenvalue weighted by Gasteiger charge is -2.30. The molecule has 28 heavy (non-hydrogen) atoms. The Morgan fingerprint density at radius 3 is 2.25 bits per heavy atom. The molecule has 0 atom stereocenters. The molecule has 0 aliphatic heterocycles.